The van der Waals surface area contributed by atoms with Crippen molar-refractivity contribution in [2.45, 2.75) is 13.0 Å². The quantitative estimate of drug-likeness (QED) is 0.752. The molecule has 0 amide bonds. The predicted molar refractivity (Wildman–Crippen MR) is 75.2 cm³/mol. The van der Waals surface area contributed by atoms with Gasteiger partial charge in [0.05, 0.1) is 13.2 Å². The molecular formula is C11H11N5OS2. The summed E-state index contributed by atoms with van der Waals surface area (Å²) in [5.74, 6) is 0.487. The summed E-state index contributed by atoms with van der Waals surface area (Å²) in [5, 5.41) is 2.93. The standard InChI is InChI=1S/C11H11N5OS2/c1-6(10-12-3-4-19-10)16-8-7(15-11(16)18)9(17-2)14-5-13-8/h3-6H,1-2H3,(H,15,18). The van der Waals surface area contributed by atoms with Crippen LogP contribution in [0.5, 0.6) is 5.88 Å². The van der Waals surface area contributed by atoms with Gasteiger partial charge in [0.2, 0.25) is 5.88 Å². The molecule has 3 aromatic rings. The molecule has 3 heterocycles. The zero-order valence-corrected chi connectivity index (χ0v) is 12.0. The summed E-state index contributed by atoms with van der Waals surface area (Å²) in [5.41, 5.74) is 1.43. The van der Waals surface area contributed by atoms with E-state index in [1.54, 1.807) is 24.6 Å². The summed E-state index contributed by atoms with van der Waals surface area (Å²) in [6.07, 6.45) is 3.25. The first-order valence-electron chi connectivity index (χ1n) is 5.61. The molecule has 0 spiro atoms. The van der Waals surface area contributed by atoms with E-state index in [-0.39, 0.29) is 6.04 Å². The Morgan fingerprint density at radius 1 is 1.42 bits per heavy atom. The molecule has 0 aliphatic carbocycles. The van der Waals surface area contributed by atoms with Gasteiger partial charge in [0.25, 0.3) is 0 Å². The monoisotopic (exact) mass is 293 g/mol. The third kappa shape index (κ3) is 1.92. The second-order valence-electron chi connectivity index (χ2n) is 3.93. The Hall–Kier alpha value is -1.80. The lowest BCUT2D eigenvalue weighted by Crippen LogP contribution is -2.07. The highest BCUT2D eigenvalue weighted by Crippen LogP contribution is 2.27. The van der Waals surface area contributed by atoms with E-state index in [9.17, 15) is 0 Å². The number of ether oxygens (including phenoxy) is 1. The number of thiazole rings is 1. The van der Waals surface area contributed by atoms with E-state index in [0.717, 1.165) is 10.7 Å². The Morgan fingerprint density at radius 3 is 2.95 bits per heavy atom. The summed E-state index contributed by atoms with van der Waals surface area (Å²) in [7, 11) is 1.57. The molecule has 0 aromatic carbocycles. The molecule has 0 saturated heterocycles. The van der Waals surface area contributed by atoms with Crippen molar-refractivity contribution in [3.8, 4) is 5.88 Å². The number of hydrogen-bond acceptors (Lipinski definition) is 6. The van der Waals surface area contributed by atoms with E-state index in [2.05, 4.69) is 19.9 Å². The van der Waals surface area contributed by atoms with E-state index in [0.29, 0.717) is 16.2 Å². The first-order valence-corrected chi connectivity index (χ1v) is 6.89. The number of rotatable bonds is 3. The molecule has 1 atom stereocenters. The van der Waals surface area contributed by atoms with Crippen LogP contribution in [0, 0.1) is 4.77 Å². The van der Waals surface area contributed by atoms with Gasteiger partial charge < -0.3 is 9.72 Å². The zero-order valence-electron chi connectivity index (χ0n) is 10.3. The molecule has 19 heavy (non-hydrogen) atoms. The van der Waals surface area contributed by atoms with Gasteiger partial charge in [-0.05, 0) is 19.1 Å². The van der Waals surface area contributed by atoms with Gasteiger partial charge >= 0.3 is 0 Å². The maximum atomic E-state index is 5.37. The number of nitrogens with one attached hydrogen (secondary N) is 1. The van der Waals surface area contributed by atoms with Crippen molar-refractivity contribution in [1.82, 2.24) is 24.5 Å². The van der Waals surface area contributed by atoms with Crippen molar-refractivity contribution < 1.29 is 4.74 Å². The van der Waals surface area contributed by atoms with Crippen molar-refractivity contribution in [1.29, 1.82) is 0 Å². The molecule has 6 nitrogen and oxygen atoms in total. The van der Waals surface area contributed by atoms with Gasteiger partial charge in [-0.15, -0.1) is 11.3 Å². The van der Waals surface area contributed by atoms with Crippen LogP contribution < -0.4 is 4.74 Å². The van der Waals surface area contributed by atoms with Crippen LogP contribution in [0.25, 0.3) is 11.2 Å². The summed E-state index contributed by atoms with van der Waals surface area (Å²) in [6.45, 7) is 2.04. The van der Waals surface area contributed by atoms with E-state index in [1.165, 1.54) is 6.33 Å². The van der Waals surface area contributed by atoms with Crippen molar-refractivity contribution in [3.63, 3.8) is 0 Å². The van der Waals surface area contributed by atoms with Crippen LogP contribution in [0.15, 0.2) is 17.9 Å². The number of aromatic nitrogens is 5. The van der Waals surface area contributed by atoms with Gasteiger partial charge in [0.15, 0.2) is 10.4 Å². The normalized spacial score (nSPS) is 12.7. The first kappa shape index (κ1) is 12.2. The number of H-pyrrole nitrogens is 1. The lowest BCUT2D eigenvalue weighted by atomic mass is 10.3. The Balaban J connectivity index is 2.24. The smallest absolute Gasteiger partial charge is 0.242 e. The van der Waals surface area contributed by atoms with Crippen molar-refractivity contribution >= 4 is 34.7 Å². The SMILES string of the molecule is COc1ncnc2c1[nH]c(=S)n2C(C)c1nccs1. The molecule has 0 radical (unpaired) electrons. The lowest BCUT2D eigenvalue weighted by molar-refractivity contribution is 0.401. The highest BCUT2D eigenvalue weighted by atomic mass is 32.1. The summed E-state index contributed by atoms with van der Waals surface area (Å²) < 4.78 is 7.72. The van der Waals surface area contributed by atoms with Gasteiger partial charge in [-0.25, -0.2) is 9.97 Å². The minimum atomic E-state index is 0.0147. The predicted octanol–water partition coefficient (Wildman–Crippen LogP) is 2.56. The molecule has 1 unspecified atom stereocenters. The number of nitrogens with zero attached hydrogens (tertiary/aromatic N) is 4. The summed E-state index contributed by atoms with van der Waals surface area (Å²) in [6, 6.07) is 0.0147. The third-order valence-electron chi connectivity index (χ3n) is 2.86. The van der Waals surface area contributed by atoms with Gasteiger partial charge in [0, 0.05) is 11.6 Å². The Morgan fingerprint density at radius 2 is 2.26 bits per heavy atom. The molecule has 0 aliphatic heterocycles. The van der Waals surface area contributed by atoms with E-state index >= 15 is 0 Å². The molecule has 3 rings (SSSR count). The van der Waals surface area contributed by atoms with E-state index in [1.807, 2.05) is 16.9 Å². The van der Waals surface area contributed by atoms with Crippen LogP contribution in [0.1, 0.15) is 18.0 Å². The molecular weight excluding hydrogens is 282 g/mol. The largest absolute Gasteiger partial charge is 0.479 e. The van der Waals surface area contributed by atoms with Crippen LogP contribution in [-0.4, -0.2) is 31.6 Å². The minimum absolute atomic E-state index is 0.0147. The zero-order chi connectivity index (χ0) is 13.4. The number of aromatic amines is 1. The molecule has 0 fully saturated rings. The summed E-state index contributed by atoms with van der Waals surface area (Å²) >= 11 is 6.96. The van der Waals surface area contributed by atoms with Crippen LogP contribution in [0.3, 0.4) is 0 Å². The highest BCUT2D eigenvalue weighted by Gasteiger charge is 2.18. The number of hydrogen-bond donors (Lipinski definition) is 1. The van der Waals surface area contributed by atoms with Gasteiger partial charge in [-0.1, -0.05) is 0 Å². The van der Waals surface area contributed by atoms with E-state index in [4.69, 9.17) is 17.0 Å². The van der Waals surface area contributed by atoms with Crippen LogP contribution in [-0.2, 0) is 0 Å². The fourth-order valence-corrected chi connectivity index (χ4v) is 3.01. The van der Waals surface area contributed by atoms with Crippen molar-refractivity contribution in [3.05, 3.63) is 27.7 Å². The molecule has 0 bridgehead atoms. The Kier molecular flexibility index (Phi) is 3.03. The van der Waals surface area contributed by atoms with Crippen LogP contribution in [0.2, 0.25) is 0 Å². The Bertz CT molecular complexity index is 761. The Labute approximate surface area is 118 Å². The molecule has 0 aliphatic rings. The van der Waals surface area contributed by atoms with Gasteiger partial charge in [-0.2, -0.15) is 4.98 Å². The topological polar surface area (TPSA) is 68.6 Å². The number of imidazole rings is 1. The second-order valence-corrected chi connectivity index (χ2v) is 5.24. The van der Waals surface area contributed by atoms with Crippen LogP contribution >= 0.6 is 23.6 Å². The molecule has 0 saturated carbocycles. The van der Waals surface area contributed by atoms with Crippen molar-refractivity contribution in [2.24, 2.45) is 0 Å². The third-order valence-corrected chi connectivity index (χ3v) is 4.11. The fraction of sp³-hybridized carbons (Fsp3) is 0.273. The first-order chi connectivity index (χ1) is 9.22. The molecule has 98 valence electrons. The van der Waals surface area contributed by atoms with Crippen molar-refractivity contribution in [2.75, 3.05) is 7.11 Å². The van der Waals surface area contributed by atoms with Gasteiger partial charge in [0.1, 0.15) is 16.9 Å². The minimum Gasteiger partial charge on any atom is -0.479 e. The number of methoxy groups -OCH3 is 1. The molecule has 3 aromatic heterocycles. The maximum absolute atomic E-state index is 5.37. The fourth-order valence-electron chi connectivity index (χ4n) is 1.98. The lowest BCUT2D eigenvalue weighted by Gasteiger charge is -2.10. The number of fused-ring (bicyclic) bond motifs is 1. The van der Waals surface area contributed by atoms with Gasteiger partial charge in [-0.3, -0.25) is 4.57 Å². The summed E-state index contributed by atoms with van der Waals surface area (Å²) in [4.78, 5) is 15.8. The molecule has 8 heteroatoms. The average molecular weight is 293 g/mol. The second kappa shape index (κ2) is 4.71. The average Bonchev–Trinajstić information content (AvgIpc) is 3.04. The highest BCUT2D eigenvalue weighted by molar-refractivity contribution is 7.71. The molecule has 1 N–H and O–H groups in total. The van der Waals surface area contributed by atoms with E-state index < -0.39 is 0 Å². The van der Waals surface area contributed by atoms with Crippen LogP contribution in [0.4, 0.5) is 0 Å². The maximum Gasteiger partial charge on any atom is 0.242 e.